The van der Waals surface area contributed by atoms with Gasteiger partial charge in [0.05, 0.1) is 17.5 Å². The molecule has 1 N–H and O–H groups in total. The van der Waals surface area contributed by atoms with Crippen LogP contribution in [0.25, 0.3) is 0 Å². The molecule has 5 nitrogen and oxygen atoms in total. The van der Waals surface area contributed by atoms with Crippen molar-refractivity contribution < 1.29 is 14.4 Å². The number of hydrogen-bond donors (Lipinski definition) is 1. The average Bonchev–Trinajstić information content (AvgIpc) is 3.35. The van der Waals surface area contributed by atoms with Gasteiger partial charge < -0.3 is 5.32 Å². The van der Waals surface area contributed by atoms with E-state index in [2.05, 4.69) is 11.4 Å². The molecule has 5 rings (SSSR count). The number of halogens is 1. The zero-order chi connectivity index (χ0) is 21.2. The van der Waals surface area contributed by atoms with Crippen molar-refractivity contribution in [3.63, 3.8) is 0 Å². The molecule has 0 spiro atoms. The Labute approximate surface area is 179 Å². The summed E-state index contributed by atoms with van der Waals surface area (Å²) in [6.45, 7) is 3.93. The highest BCUT2D eigenvalue weighted by Gasteiger charge is 2.60. The van der Waals surface area contributed by atoms with Crippen LogP contribution in [0.2, 0.25) is 5.02 Å². The fourth-order valence-electron chi connectivity index (χ4n) is 5.24. The summed E-state index contributed by atoms with van der Waals surface area (Å²) in [6, 6.07) is 12.0. The number of fused-ring (bicyclic) bond motifs is 5. The number of carbonyl (C=O) groups is 3. The maximum atomic E-state index is 13.2. The summed E-state index contributed by atoms with van der Waals surface area (Å²) in [4.78, 5) is 40.3. The van der Waals surface area contributed by atoms with Crippen LogP contribution in [0.5, 0.6) is 0 Å². The molecule has 30 heavy (non-hydrogen) atoms. The van der Waals surface area contributed by atoms with E-state index in [1.807, 2.05) is 19.9 Å². The van der Waals surface area contributed by atoms with Crippen LogP contribution in [0.1, 0.15) is 29.3 Å². The van der Waals surface area contributed by atoms with E-state index in [0.717, 1.165) is 12.0 Å². The number of nitrogens with one attached hydrogen (secondary N) is 1. The Kier molecular flexibility index (Phi) is 4.33. The Hall–Kier alpha value is -2.92. The number of rotatable bonds is 3. The monoisotopic (exact) mass is 420 g/mol. The number of benzene rings is 2. The van der Waals surface area contributed by atoms with Crippen molar-refractivity contribution in [1.82, 2.24) is 0 Å². The molecule has 3 aliphatic rings. The maximum Gasteiger partial charge on any atom is 0.255 e. The predicted molar refractivity (Wildman–Crippen MR) is 115 cm³/mol. The maximum absolute atomic E-state index is 13.2. The van der Waals surface area contributed by atoms with Crippen molar-refractivity contribution in [2.45, 2.75) is 20.3 Å². The van der Waals surface area contributed by atoms with E-state index >= 15 is 0 Å². The molecule has 1 saturated carbocycles. The van der Waals surface area contributed by atoms with Crippen LogP contribution < -0.4 is 10.2 Å². The van der Waals surface area contributed by atoms with Gasteiger partial charge in [0.2, 0.25) is 11.8 Å². The van der Waals surface area contributed by atoms with Crippen molar-refractivity contribution >= 4 is 40.7 Å². The van der Waals surface area contributed by atoms with E-state index < -0.39 is 0 Å². The Morgan fingerprint density at radius 2 is 1.83 bits per heavy atom. The van der Waals surface area contributed by atoms with Crippen LogP contribution in [-0.2, 0) is 9.59 Å². The quantitative estimate of drug-likeness (QED) is 0.582. The molecule has 2 aliphatic carbocycles. The first-order chi connectivity index (χ1) is 14.3. The van der Waals surface area contributed by atoms with Crippen molar-refractivity contribution in [2.24, 2.45) is 23.7 Å². The van der Waals surface area contributed by atoms with Crippen LogP contribution in [0.3, 0.4) is 0 Å². The number of hydrogen-bond acceptors (Lipinski definition) is 3. The summed E-state index contributed by atoms with van der Waals surface area (Å²) in [6.07, 6.45) is 3.05. The van der Waals surface area contributed by atoms with Crippen LogP contribution in [0.4, 0.5) is 11.4 Å². The van der Waals surface area contributed by atoms with Crippen LogP contribution in [0, 0.1) is 30.6 Å². The van der Waals surface area contributed by atoms with Crippen molar-refractivity contribution in [1.29, 1.82) is 0 Å². The largest absolute Gasteiger partial charge is 0.322 e. The van der Waals surface area contributed by atoms with E-state index in [4.69, 9.17) is 11.6 Å². The summed E-state index contributed by atoms with van der Waals surface area (Å²) < 4.78 is 0. The molecule has 1 aliphatic heterocycles. The van der Waals surface area contributed by atoms with Crippen molar-refractivity contribution in [2.75, 3.05) is 10.2 Å². The van der Waals surface area contributed by atoms with Crippen molar-refractivity contribution in [3.8, 4) is 0 Å². The number of allylic oxidation sites excluding steroid dienone is 2. The summed E-state index contributed by atoms with van der Waals surface area (Å²) in [7, 11) is 0. The second kappa shape index (κ2) is 6.81. The fraction of sp³-hybridized carbons (Fsp3) is 0.292. The Morgan fingerprint density at radius 1 is 1.07 bits per heavy atom. The highest BCUT2D eigenvalue weighted by molar-refractivity contribution is 6.31. The number of carbonyl (C=O) groups excluding carboxylic acids is 3. The molecule has 1 saturated heterocycles. The summed E-state index contributed by atoms with van der Waals surface area (Å²) >= 11 is 6.04. The molecule has 152 valence electrons. The topological polar surface area (TPSA) is 66.5 Å². The molecule has 6 heteroatoms. The lowest BCUT2D eigenvalue weighted by molar-refractivity contribution is -0.123. The number of nitrogens with zero attached hydrogens (tertiary/aromatic N) is 1. The van der Waals surface area contributed by atoms with Gasteiger partial charge in [0, 0.05) is 16.3 Å². The van der Waals surface area contributed by atoms with E-state index in [1.54, 1.807) is 36.4 Å². The van der Waals surface area contributed by atoms with Gasteiger partial charge in [-0.3, -0.25) is 14.4 Å². The Balaban J connectivity index is 1.42. The van der Waals surface area contributed by atoms with Crippen LogP contribution in [0.15, 0.2) is 54.1 Å². The van der Waals surface area contributed by atoms with Crippen LogP contribution in [-0.4, -0.2) is 17.7 Å². The Morgan fingerprint density at radius 3 is 2.63 bits per heavy atom. The minimum atomic E-state index is -0.320. The third-order valence-electron chi connectivity index (χ3n) is 6.70. The molecule has 0 aromatic heterocycles. The van der Waals surface area contributed by atoms with Gasteiger partial charge in [0.15, 0.2) is 0 Å². The standard InChI is InChI=1S/C24H21ClN2O3/c1-12-6-7-16(25)11-19(12)26-22(28)14-4-3-5-17(9-14)27-23(29)20-15-8-13(2)18(10-15)21(20)24(27)30/h3-9,11,15,18,20-21H,10H2,1-2H3,(H,26,28)/t15-,18+,20+,21+/m0/s1. The average molecular weight is 421 g/mol. The van der Waals surface area contributed by atoms with Gasteiger partial charge in [0.25, 0.3) is 5.91 Å². The molecule has 2 fully saturated rings. The van der Waals surface area contributed by atoms with Gasteiger partial charge in [-0.2, -0.15) is 0 Å². The molecule has 2 bridgehead atoms. The number of amides is 3. The first-order valence-electron chi connectivity index (χ1n) is 10.1. The number of aryl methyl sites for hydroxylation is 1. The van der Waals surface area contributed by atoms with E-state index in [-0.39, 0.29) is 41.4 Å². The molecule has 1 heterocycles. The lowest BCUT2D eigenvalue weighted by atomic mass is 9.82. The zero-order valence-corrected chi connectivity index (χ0v) is 17.4. The lowest BCUT2D eigenvalue weighted by Gasteiger charge is -2.19. The highest BCUT2D eigenvalue weighted by Crippen LogP contribution is 2.55. The smallest absolute Gasteiger partial charge is 0.255 e. The van der Waals surface area contributed by atoms with Gasteiger partial charge in [0.1, 0.15) is 0 Å². The molecule has 3 amide bonds. The molecule has 2 aromatic carbocycles. The number of imide groups is 1. The van der Waals surface area contributed by atoms with Gasteiger partial charge in [-0.15, -0.1) is 0 Å². The normalized spacial score (nSPS) is 26.8. The molecule has 2 aromatic rings. The highest BCUT2D eigenvalue weighted by atomic mass is 35.5. The molecular weight excluding hydrogens is 400 g/mol. The molecule has 4 atom stereocenters. The summed E-state index contributed by atoms with van der Waals surface area (Å²) in [5.41, 5.74) is 3.56. The predicted octanol–water partition coefficient (Wildman–Crippen LogP) is 4.60. The molecule has 0 radical (unpaired) electrons. The van der Waals surface area contributed by atoms with E-state index in [9.17, 15) is 14.4 Å². The van der Waals surface area contributed by atoms with Gasteiger partial charge in [-0.05, 0) is 68.0 Å². The van der Waals surface area contributed by atoms with E-state index in [1.165, 1.54) is 10.5 Å². The minimum Gasteiger partial charge on any atom is -0.322 e. The Bertz CT molecular complexity index is 1140. The summed E-state index contributed by atoms with van der Waals surface area (Å²) in [5, 5.41) is 3.39. The lowest BCUT2D eigenvalue weighted by Crippen LogP contribution is -2.33. The first-order valence-corrected chi connectivity index (χ1v) is 10.5. The SMILES string of the molecule is CC1=C[C@H]2C[C@H]1[C@H]1C(=O)N(c3cccc(C(=O)Nc4cc(Cl)ccc4C)c3)C(=O)[C@@H]12. The molecular formula is C24H21ClN2O3. The molecule has 0 unspecified atom stereocenters. The number of anilines is 2. The summed E-state index contributed by atoms with van der Waals surface area (Å²) in [5.74, 6) is -0.828. The van der Waals surface area contributed by atoms with Gasteiger partial charge in [-0.1, -0.05) is 35.4 Å². The van der Waals surface area contributed by atoms with E-state index in [0.29, 0.717) is 22.0 Å². The fourth-order valence-corrected chi connectivity index (χ4v) is 5.41. The van der Waals surface area contributed by atoms with Gasteiger partial charge >= 0.3 is 0 Å². The van der Waals surface area contributed by atoms with Crippen molar-refractivity contribution in [3.05, 3.63) is 70.3 Å². The van der Waals surface area contributed by atoms with Crippen LogP contribution >= 0.6 is 11.6 Å². The van der Waals surface area contributed by atoms with Gasteiger partial charge in [-0.25, -0.2) is 4.90 Å². The zero-order valence-electron chi connectivity index (χ0n) is 16.7. The first kappa shape index (κ1) is 19.1. The third kappa shape index (κ3) is 2.80. The minimum absolute atomic E-state index is 0.145. The third-order valence-corrected chi connectivity index (χ3v) is 6.93. The second-order valence-electron chi connectivity index (χ2n) is 8.44. The second-order valence-corrected chi connectivity index (χ2v) is 8.88.